The summed E-state index contributed by atoms with van der Waals surface area (Å²) in [4.78, 5) is 26.8. The lowest BCUT2D eigenvalue weighted by atomic mass is 10.2. The molecule has 1 amide bonds. The van der Waals surface area contributed by atoms with E-state index in [1.807, 2.05) is 58.0 Å². The molecular weight excluding hydrogens is 416 g/mol. The van der Waals surface area contributed by atoms with Gasteiger partial charge in [0.05, 0.1) is 10.5 Å². The highest BCUT2D eigenvalue weighted by Gasteiger charge is 2.28. The smallest absolute Gasteiger partial charge is 0.338 e. The summed E-state index contributed by atoms with van der Waals surface area (Å²) in [6.07, 6.45) is -0.992. The Balaban J connectivity index is 2.11. The van der Waals surface area contributed by atoms with Gasteiger partial charge in [-0.3, -0.25) is 4.79 Å². The molecular formula is C23H30N2O5S. The average Bonchev–Trinajstić information content (AvgIpc) is 2.72. The molecule has 1 atom stereocenters. The summed E-state index contributed by atoms with van der Waals surface area (Å²) in [5.74, 6) is -1.06. The molecule has 2 aromatic carbocycles. The summed E-state index contributed by atoms with van der Waals surface area (Å²) < 4.78 is 33.1. The molecule has 168 valence electrons. The highest BCUT2D eigenvalue weighted by atomic mass is 32.2. The van der Waals surface area contributed by atoms with Gasteiger partial charge < -0.3 is 9.64 Å². The molecule has 0 aliphatic rings. The number of carbonyl (C=O) groups is 2. The SMILES string of the molecule is CC(OC(=O)c1cccc(S(=O)(=O)NCc2ccccc2)c1)C(=O)N(C(C)C)C(C)C. The van der Waals surface area contributed by atoms with Crippen molar-refractivity contribution in [2.45, 2.75) is 64.2 Å². The van der Waals surface area contributed by atoms with Gasteiger partial charge in [0.25, 0.3) is 5.91 Å². The van der Waals surface area contributed by atoms with Crippen molar-refractivity contribution < 1.29 is 22.7 Å². The molecule has 2 aromatic rings. The number of hydrogen-bond donors (Lipinski definition) is 1. The van der Waals surface area contributed by atoms with Gasteiger partial charge in [-0.25, -0.2) is 17.9 Å². The maximum atomic E-state index is 12.7. The first-order valence-electron chi connectivity index (χ1n) is 10.2. The number of nitrogens with zero attached hydrogens (tertiary/aromatic N) is 1. The van der Waals surface area contributed by atoms with Crippen LogP contribution >= 0.6 is 0 Å². The van der Waals surface area contributed by atoms with Crippen LogP contribution in [0, 0.1) is 0 Å². The lowest BCUT2D eigenvalue weighted by molar-refractivity contribution is -0.143. The van der Waals surface area contributed by atoms with Gasteiger partial charge in [-0.15, -0.1) is 0 Å². The van der Waals surface area contributed by atoms with Crippen molar-refractivity contribution in [2.75, 3.05) is 0 Å². The first-order valence-corrected chi connectivity index (χ1v) is 11.7. The molecule has 1 N–H and O–H groups in total. The number of hydrogen-bond acceptors (Lipinski definition) is 5. The molecule has 31 heavy (non-hydrogen) atoms. The second-order valence-electron chi connectivity index (χ2n) is 7.82. The Morgan fingerprint density at radius 2 is 1.55 bits per heavy atom. The molecule has 0 radical (unpaired) electrons. The maximum absolute atomic E-state index is 12.7. The summed E-state index contributed by atoms with van der Waals surface area (Å²) >= 11 is 0. The van der Waals surface area contributed by atoms with E-state index in [2.05, 4.69) is 4.72 Å². The predicted molar refractivity (Wildman–Crippen MR) is 119 cm³/mol. The zero-order valence-electron chi connectivity index (χ0n) is 18.5. The van der Waals surface area contributed by atoms with Crippen LogP contribution in [0.2, 0.25) is 0 Å². The quantitative estimate of drug-likeness (QED) is 0.596. The minimum Gasteiger partial charge on any atom is -0.449 e. The van der Waals surface area contributed by atoms with Gasteiger partial charge in [-0.1, -0.05) is 36.4 Å². The predicted octanol–water partition coefficient (Wildman–Crippen LogP) is 3.36. The molecule has 1 unspecified atom stereocenters. The summed E-state index contributed by atoms with van der Waals surface area (Å²) in [6.45, 7) is 9.21. The van der Waals surface area contributed by atoms with Gasteiger partial charge in [-0.05, 0) is 58.4 Å². The van der Waals surface area contributed by atoms with Crippen molar-refractivity contribution in [2.24, 2.45) is 0 Å². The normalized spacial score (nSPS) is 12.6. The third-order valence-corrected chi connectivity index (χ3v) is 6.09. The maximum Gasteiger partial charge on any atom is 0.338 e. The molecule has 0 bridgehead atoms. The van der Waals surface area contributed by atoms with Crippen LogP contribution in [-0.4, -0.2) is 43.4 Å². The standard InChI is InChI=1S/C23H30N2O5S/c1-16(2)25(17(3)4)22(26)18(5)30-23(27)20-12-9-13-21(14-20)31(28,29)24-15-19-10-7-6-8-11-19/h6-14,16-18,24H,15H2,1-5H3. The molecule has 7 nitrogen and oxygen atoms in total. The topological polar surface area (TPSA) is 92.8 Å². The second kappa shape index (κ2) is 10.5. The van der Waals surface area contributed by atoms with Crippen molar-refractivity contribution in [3.8, 4) is 0 Å². The van der Waals surface area contributed by atoms with E-state index in [9.17, 15) is 18.0 Å². The minimum atomic E-state index is -3.83. The van der Waals surface area contributed by atoms with Crippen molar-refractivity contribution in [3.05, 3.63) is 65.7 Å². The molecule has 0 fully saturated rings. The molecule has 0 saturated carbocycles. The van der Waals surface area contributed by atoms with Gasteiger partial charge in [0.15, 0.2) is 6.10 Å². The highest BCUT2D eigenvalue weighted by Crippen LogP contribution is 2.15. The van der Waals surface area contributed by atoms with Crippen molar-refractivity contribution in [1.82, 2.24) is 9.62 Å². The Labute approximate surface area is 184 Å². The number of ether oxygens (including phenoxy) is 1. The fourth-order valence-electron chi connectivity index (χ4n) is 3.24. The molecule has 0 aliphatic carbocycles. The Morgan fingerprint density at radius 1 is 0.935 bits per heavy atom. The van der Waals surface area contributed by atoms with E-state index in [1.54, 1.807) is 4.90 Å². The first kappa shape index (κ1) is 24.6. The van der Waals surface area contributed by atoms with Gasteiger partial charge in [0, 0.05) is 18.6 Å². The molecule has 8 heteroatoms. The molecule has 0 aliphatic heterocycles. The second-order valence-corrected chi connectivity index (χ2v) is 9.59. The Hall–Kier alpha value is -2.71. The zero-order valence-corrected chi connectivity index (χ0v) is 19.3. The Morgan fingerprint density at radius 3 is 2.13 bits per heavy atom. The zero-order chi connectivity index (χ0) is 23.2. The summed E-state index contributed by atoms with van der Waals surface area (Å²) in [6, 6.07) is 14.6. The number of carbonyl (C=O) groups excluding carboxylic acids is 2. The van der Waals surface area contributed by atoms with E-state index in [4.69, 9.17) is 4.74 Å². The van der Waals surface area contributed by atoms with Gasteiger partial charge in [-0.2, -0.15) is 0 Å². The van der Waals surface area contributed by atoms with E-state index in [0.29, 0.717) is 0 Å². The Bertz CT molecular complexity index is 996. The van der Waals surface area contributed by atoms with E-state index < -0.39 is 22.1 Å². The van der Waals surface area contributed by atoms with Crippen molar-refractivity contribution in [1.29, 1.82) is 0 Å². The van der Waals surface area contributed by atoms with Crippen LogP contribution in [0.15, 0.2) is 59.5 Å². The molecule has 2 rings (SSSR count). The molecule has 0 spiro atoms. The number of esters is 1. The number of sulfonamides is 1. The van der Waals surface area contributed by atoms with E-state index in [1.165, 1.54) is 31.2 Å². The average molecular weight is 447 g/mol. The summed E-state index contributed by atoms with van der Waals surface area (Å²) in [5, 5.41) is 0. The van der Waals surface area contributed by atoms with Crippen LogP contribution in [0.4, 0.5) is 0 Å². The van der Waals surface area contributed by atoms with Crippen LogP contribution < -0.4 is 4.72 Å². The number of amides is 1. The van der Waals surface area contributed by atoms with Crippen LogP contribution in [0.25, 0.3) is 0 Å². The summed E-state index contributed by atoms with van der Waals surface area (Å²) in [5.41, 5.74) is 0.872. The first-order chi connectivity index (χ1) is 14.5. The minimum absolute atomic E-state index is 0.0437. The highest BCUT2D eigenvalue weighted by molar-refractivity contribution is 7.89. The van der Waals surface area contributed by atoms with E-state index in [0.717, 1.165) is 5.56 Å². The van der Waals surface area contributed by atoms with Crippen molar-refractivity contribution >= 4 is 21.9 Å². The largest absolute Gasteiger partial charge is 0.449 e. The van der Waals surface area contributed by atoms with Crippen LogP contribution in [0.1, 0.15) is 50.5 Å². The molecule has 0 saturated heterocycles. The van der Waals surface area contributed by atoms with Crippen LogP contribution in [0.3, 0.4) is 0 Å². The summed E-state index contributed by atoms with van der Waals surface area (Å²) in [7, 11) is -3.83. The third-order valence-electron chi connectivity index (χ3n) is 4.69. The lowest BCUT2D eigenvalue weighted by Gasteiger charge is -2.32. The van der Waals surface area contributed by atoms with Crippen molar-refractivity contribution in [3.63, 3.8) is 0 Å². The molecule has 0 aromatic heterocycles. The lowest BCUT2D eigenvalue weighted by Crippen LogP contribution is -2.47. The van der Waals surface area contributed by atoms with Crippen LogP contribution in [-0.2, 0) is 26.1 Å². The van der Waals surface area contributed by atoms with E-state index >= 15 is 0 Å². The number of benzene rings is 2. The monoisotopic (exact) mass is 446 g/mol. The van der Waals surface area contributed by atoms with Gasteiger partial charge in [0.2, 0.25) is 10.0 Å². The fraction of sp³-hybridized carbons (Fsp3) is 0.391. The van der Waals surface area contributed by atoms with Gasteiger partial charge in [0.1, 0.15) is 0 Å². The van der Waals surface area contributed by atoms with Gasteiger partial charge >= 0.3 is 5.97 Å². The fourth-order valence-corrected chi connectivity index (χ4v) is 4.31. The van der Waals surface area contributed by atoms with Crippen LogP contribution in [0.5, 0.6) is 0 Å². The number of rotatable bonds is 9. The Kier molecular flexibility index (Phi) is 8.36. The van der Waals surface area contributed by atoms with E-state index in [-0.39, 0.29) is 35.0 Å². The number of nitrogens with one attached hydrogen (secondary N) is 1. The third kappa shape index (κ3) is 6.63. The molecule has 0 heterocycles.